The van der Waals surface area contributed by atoms with Crippen LogP contribution in [0.25, 0.3) is 17.1 Å². The lowest BCUT2D eigenvalue weighted by atomic mass is 10.1. The van der Waals surface area contributed by atoms with Gasteiger partial charge in [-0.3, -0.25) is 9.36 Å². The summed E-state index contributed by atoms with van der Waals surface area (Å²) in [6.07, 6.45) is -3.57. The molecule has 1 heterocycles. The standard InChI is InChI=1S/C26H22F3N5O3S/c1-36-21-13-12-17(14-22(21)37-2)24-32-33-25(34(24)19-9-4-3-5-10-19)38-16-23(35)31-30-15-18-8-6-7-11-20(18)26(27,28)29/h3-15H,16H2,1-2H3,(H,31,35). The van der Waals surface area contributed by atoms with Gasteiger partial charge in [0.15, 0.2) is 22.5 Å². The van der Waals surface area contributed by atoms with Crippen molar-refractivity contribution in [1.29, 1.82) is 0 Å². The zero-order valence-corrected chi connectivity index (χ0v) is 21.1. The summed E-state index contributed by atoms with van der Waals surface area (Å²) in [7, 11) is 3.08. The van der Waals surface area contributed by atoms with Crippen LogP contribution in [0.1, 0.15) is 11.1 Å². The molecule has 0 saturated heterocycles. The van der Waals surface area contributed by atoms with E-state index >= 15 is 0 Å². The predicted octanol–water partition coefficient (Wildman–Crippen LogP) is 5.21. The Morgan fingerprint density at radius 3 is 2.42 bits per heavy atom. The van der Waals surface area contributed by atoms with Gasteiger partial charge < -0.3 is 9.47 Å². The van der Waals surface area contributed by atoms with E-state index < -0.39 is 17.6 Å². The summed E-state index contributed by atoms with van der Waals surface area (Å²) in [4.78, 5) is 12.4. The van der Waals surface area contributed by atoms with Crippen LogP contribution in [-0.2, 0) is 11.0 Å². The summed E-state index contributed by atoms with van der Waals surface area (Å²) in [5, 5.41) is 12.7. The van der Waals surface area contributed by atoms with E-state index in [9.17, 15) is 18.0 Å². The Labute approximate surface area is 220 Å². The Morgan fingerprint density at radius 1 is 1.00 bits per heavy atom. The van der Waals surface area contributed by atoms with Gasteiger partial charge in [-0.05, 0) is 36.4 Å². The van der Waals surface area contributed by atoms with Crippen molar-refractivity contribution in [3.05, 3.63) is 83.9 Å². The second-order valence-corrected chi connectivity index (χ2v) is 8.66. The molecule has 3 aromatic carbocycles. The highest BCUT2D eigenvalue weighted by Gasteiger charge is 2.32. The molecular formula is C26H22F3N5O3S. The zero-order valence-electron chi connectivity index (χ0n) is 20.3. The molecule has 1 aromatic heterocycles. The minimum absolute atomic E-state index is 0.102. The first-order valence-corrected chi connectivity index (χ1v) is 12.1. The summed E-state index contributed by atoms with van der Waals surface area (Å²) >= 11 is 1.10. The van der Waals surface area contributed by atoms with Crippen LogP contribution in [0.5, 0.6) is 11.5 Å². The first kappa shape index (κ1) is 26.7. The fraction of sp³-hybridized carbons (Fsp3) is 0.154. The molecule has 38 heavy (non-hydrogen) atoms. The van der Waals surface area contributed by atoms with E-state index in [1.54, 1.807) is 23.8 Å². The second kappa shape index (κ2) is 11.8. The Kier molecular flexibility index (Phi) is 8.31. The largest absolute Gasteiger partial charge is 0.493 e. The van der Waals surface area contributed by atoms with Crippen molar-refractivity contribution < 1.29 is 27.4 Å². The van der Waals surface area contributed by atoms with Crippen molar-refractivity contribution in [3.8, 4) is 28.6 Å². The van der Waals surface area contributed by atoms with Gasteiger partial charge in [-0.25, -0.2) is 5.43 Å². The SMILES string of the molecule is COc1ccc(-c2nnc(SCC(=O)NN=Cc3ccccc3C(F)(F)F)n2-c2ccccc2)cc1OC. The third-order valence-electron chi connectivity index (χ3n) is 5.28. The van der Waals surface area contributed by atoms with E-state index in [0.29, 0.717) is 28.0 Å². The van der Waals surface area contributed by atoms with Gasteiger partial charge in [-0.1, -0.05) is 48.2 Å². The van der Waals surface area contributed by atoms with Crippen molar-refractivity contribution in [2.24, 2.45) is 5.10 Å². The van der Waals surface area contributed by atoms with E-state index in [4.69, 9.17) is 9.47 Å². The molecular weight excluding hydrogens is 519 g/mol. The zero-order chi connectivity index (χ0) is 27.1. The number of rotatable bonds is 9. The third kappa shape index (κ3) is 6.14. The Balaban J connectivity index is 1.53. The number of nitrogens with one attached hydrogen (secondary N) is 1. The number of thioether (sulfide) groups is 1. The summed E-state index contributed by atoms with van der Waals surface area (Å²) < 4.78 is 51.9. The van der Waals surface area contributed by atoms with E-state index in [-0.39, 0.29) is 11.3 Å². The maximum Gasteiger partial charge on any atom is 0.417 e. The lowest BCUT2D eigenvalue weighted by molar-refractivity contribution is -0.137. The topological polar surface area (TPSA) is 90.6 Å². The van der Waals surface area contributed by atoms with Gasteiger partial charge in [0.25, 0.3) is 5.91 Å². The van der Waals surface area contributed by atoms with Crippen LogP contribution in [0.4, 0.5) is 13.2 Å². The molecule has 196 valence electrons. The van der Waals surface area contributed by atoms with Crippen LogP contribution >= 0.6 is 11.8 Å². The van der Waals surface area contributed by atoms with Crippen LogP contribution in [0.3, 0.4) is 0 Å². The average molecular weight is 542 g/mol. The van der Waals surface area contributed by atoms with E-state index in [2.05, 4.69) is 20.7 Å². The number of ether oxygens (including phenoxy) is 2. The Morgan fingerprint density at radius 2 is 1.71 bits per heavy atom. The molecule has 0 unspecified atom stereocenters. The van der Waals surface area contributed by atoms with Gasteiger partial charge >= 0.3 is 6.18 Å². The number of para-hydroxylation sites is 1. The number of hydrogen-bond acceptors (Lipinski definition) is 7. The molecule has 0 radical (unpaired) electrons. The number of aromatic nitrogens is 3. The van der Waals surface area contributed by atoms with Gasteiger partial charge in [0.05, 0.1) is 31.8 Å². The highest BCUT2D eigenvalue weighted by Crippen LogP contribution is 2.34. The molecule has 1 N–H and O–H groups in total. The molecule has 0 spiro atoms. The van der Waals surface area contributed by atoms with E-state index in [1.807, 2.05) is 36.4 Å². The maximum absolute atomic E-state index is 13.1. The molecule has 0 aliphatic rings. The number of alkyl halides is 3. The first-order chi connectivity index (χ1) is 18.3. The molecule has 0 bridgehead atoms. The third-order valence-corrected chi connectivity index (χ3v) is 6.21. The molecule has 0 saturated carbocycles. The quantitative estimate of drug-likeness (QED) is 0.178. The molecule has 4 aromatic rings. The van der Waals surface area contributed by atoms with Crippen LogP contribution < -0.4 is 14.9 Å². The molecule has 4 rings (SSSR count). The number of halogens is 3. The monoisotopic (exact) mass is 541 g/mol. The van der Waals surface area contributed by atoms with E-state index in [1.165, 1.54) is 25.3 Å². The number of methoxy groups -OCH3 is 2. The lowest BCUT2D eigenvalue weighted by Gasteiger charge is -2.12. The molecule has 0 aliphatic heterocycles. The van der Waals surface area contributed by atoms with Crippen LogP contribution in [0.2, 0.25) is 0 Å². The number of hydrazone groups is 1. The maximum atomic E-state index is 13.1. The summed E-state index contributed by atoms with van der Waals surface area (Å²) in [5.41, 5.74) is 2.74. The van der Waals surface area contributed by atoms with Crippen molar-refractivity contribution in [2.75, 3.05) is 20.0 Å². The summed E-state index contributed by atoms with van der Waals surface area (Å²) in [6, 6.07) is 19.7. The van der Waals surface area contributed by atoms with Crippen LogP contribution in [0, 0.1) is 0 Å². The smallest absolute Gasteiger partial charge is 0.417 e. The highest BCUT2D eigenvalue weighted by atomic mass is 32.2. The molecule has 12 heteroatoms. The van der Waals surface area contributed by atoms with Gasteiger partial charge in [0.2, 0.25) is 0 Å². The number of amides is 1. The van der Waals surface area contributed by atoms with Gasteiger partial charge in [-0.2, -0.15) is 18.3 Å². The second-order valence-electron chi connectivity index (χ2n) is 7.71. The van der Waals surface area contributed by atoms with Crippen molar-refractivity contribution >= 4 is 23.9 Å². The molecule has 0 atom stereocenters. The van der Waals surface area contributed by atoms with Crippen molar-refractivity contribution in [2.45, 2.75) is 11.3 Å². The molecule has 1 amide bonds. The fourth-order valence-electron chi connectivity index (χ4n) is 3.54. The summed E-state index contributed by atoms with van der Waals surface area (Å²) in [6.45, 7) is 0. The van der Waals surface area contributed by atoms with E-state index in [0.717, 1.165) is 29.7 Å². The Hall–Kier alpha value is -4.32. The summed E-state index contributed by atoms with van der Waals surface area (Å²) in [5.74, 6) is 0.973. The first-order valence-electron chi connectivity index (χ1n) is 11.2. The molecule has 0 fully saturated rings. The average Bonchev–Trinajstić information content (AvgIpc) is 3.35. The van der Waals surface area contributed by atoms with Crippen molar-refractivity contribution in [3.63, 3.8) is 0 Å². The van der Waals surface area contributed by atoms with Crippen LogP contribution in [0.15, 0.2) is 83.1 Å². The van der Waals surface area contributed by atoms with Crippen LogP contribution in [-0.4, -0.2) is 46.9 Å². The highest BCUT2D eigenvalue weighted by molar-refractivity contribution is 7.99. The normalized spacial score (nSPS) is 11.5. The minimum atomic E-state index is -4.53. The number of hydrogen-bond donors (Lipinski definition) is 1. The number of benzene rings is 3. The predicted molar refractivity (Wildman–Crippen MR) is 138 cm³/mol. The lowest BCUT2D eigenvalue weighted by Crippen LogP contribution is -2.20. The minimum Gasteiger partial charge on any atom is -0.493 e. The fourth-order valence-corrected chi connectivity index (χ4v) is 4.28. The van der Waals surface area contributed by atoms with Crippen molar-refractivity contribution in [1.82, 2.24) is 20.2 Å². The number of carbonyl (C=O) groups excluding carboxylic acids is 1. The number of nitrogens with zero attached hydrogens (tertiary/aromatic N) is 4. The number of carbonyl (C=O) groups is 1. The molecule has 8 nitrogen and oxygen atoms in total. The van der Waals surface area contributed by atoms with Gasteiger partial charge in [0, 0.05) is 16.8 Å². The molecule has 0 aliphatic carbocycles. The Bertz CT molecular complexity index is 1440. The van der Waals surface area contributed by atoms with Gasteiger partial charge in [0.1, 0.15) is 0 Å². The van der Waals surface area contributed by atoms with Gasteiger partial charge in [-0.15, -0.1) is 10.2 Å².